The van der Waals surface area contributed by atoms with Gasteiger partial charge in [0, 0.05) is 0 Å². The third kappa shape index (κ3) is 10.4. The molecule has 0 fully saturated rings. The molecule has 30 heavy (non-hydrogen) atoms. The Labute approximate surface area is 180 Å². The van der Waals surface area contributed by atoms with E-state index < -0.39 is 36.0 Å². The fourth-order valence-electron chi connectivity index (χ4n) is 2.89. The van der Waals surface area contributed by atoms with Crippen LogP contribution in [0.3, 0.4) is 0 Å². The molecule has 1 aliphatic rings. The molecule has 0 radical (unpaired) electrons. The summed E-state index contributed by atoms with van der Waals surface area (Å²) >= 11 is 0. The van der Waals surface area contributed by atoms with Crippen LogP contribution in [-0.4, -0.2) is 41.5 Å². The molecule has 0 unspecified atom stereocenters. The molecular weight excluding hydrogens is 384 g/mol. The zero-order valence-electron chi connectivity index (χ0n) is 18.1. The number of carbonyl (C=O) groups is 2. The topological polar surface area (TPSA) is 93.1 Å². The maximum atomic E-state index is 11.8. The number of allylic oxidation sites excluding steroid dienone is 6. The molecule has 6 heteroatoms. The SMILES string of the molecule is CCCCC/C=C\C/C=C\C/C=C\CCCCCOC(=O)C1=C(O)[C@@H](CO)OC1=O. The minimum absolute atomic E-state index is 0.172. The zero-order valence-corrected chi connectivity index (χ0v) is 18.1. The Kier molecular flexibility index (Phi) is 14.1. The summed E-state index contributed by atoms with van der Waals surface area (Å²) in [5, 5.41) is 18.6. The van der Waals surface area contributed by atoms with Crippen LogP contribution in [0, 0.1) is 0 Å². The van der Waals surface area contributed by atoms with Crippen molar-refractivity contribution >= 4 is 11.9 Å². The van der Waals surface area contributed by atoms with Gasteiger partial charge in [0.05, 0.1) is 13.2 Å². The number of hydrogen-bond donors (Lipinski definition) is 2. The van der Waals surface area contributed by atoms with E-state index in [0.717, 1.165) is 32.1 Å². The highest BCUT2D eigenvalue weighted by Crippen LogP contribution is 2.21. The molecule has 0 amide bonds. The molecule has 0 spiro atoms. The van der Waals surface area contributed by atoms with Crippen LogP contribution in [0.4, 0.5) is 0 Å². The van der Waals surface area contributed by atoms with E-state index in [9.17, 15) is 14.7 Å². The Hall–Kier alpha value is -2.34. The lowest BCUT2D eigenvalue weighted by atomic mass is 10.1. The minimum Gasteiger partial charge on any atom is -0.507 e. The average molecular weight is 421 g/mol. The van der Waals surface area contributed by atoms with Crippen LogP contribution >= 0.6 is 0 Å². The normalized spacial score (nSPS) is 17.0. The number of aliphatic hydroxyl groups is 2. The number of unbranched alkanes of at least 4 members (excludes halogenated alkanes) is 6. The molecule has 0 aliphatic carbocycles. The molecule has 0 aromatic carbocycles. The number of hydrogen-bond acceptors (Lipinski definition) is 6. The van der Waals surface area contributed by atoms with Crippen molar-refractivity contribution in [2.45, 2.75) is 77.2 Å². The summed E-state index contributed by atoms with van der Waals surface area (Å²) < 4.78 is 9.67. The first kappa shape index (κ1) is 25.7. The van der Waals surface area contributed by atoms with E-state index in [1.165, 1.54) is 25.7 Å². The lowest BCUT2D eigenvalue weighted by molar-refractivity contribution is -0.147. The first-order valence-corrected chi connectivity index (χ1v) is 11.0. The van der Waals surface area contributed by atoms with Crippen molar-refractivity contribution in [1.82, 2.24) is 0 Å². The second kappa shape index (κ2) is 16.5. The van der Waals surface area contributed by atoms with Crippen molar-refractivity contribution in [2.75, 3.05) is 13.2 Å². The van der Waals surface area contributed by atoms with Gasteiger partial charge in [-0.3, -0.25) is 0 Å². The number of cyclic esters (lactones) is 1. The molecule has 1 aliphatic heterocycles. The Morgan fingerprint density at radius 1 is 0.967 bits per heavy atom. The van der Waals surface area contributed by atoms with E-state index in [2.05, 4.69) is 48.1 Å². The van der Waals surface area contributed by atoms with Crippen LogP contribution in [0.15, 0.2) is 47.8 Å². The van der Waals surface area contributed by atoms with E-state index in [-0.39, 0.29) is 6.61 Å². The van der Waals surface area contributed by atoms with E-state index in [4.69, 9.17) is 9.84 Å². The second-order valence-corrected chi connectivity index (χ2v) is 7.20. The third-order valence-corrected chi connectivity index (χ3v) is 4.65. The largest absolute Gasteiger partial charge is 0.507 e. The predicted octanol–water partition coefficient (Wildman–Crippen LogP) is 4.85. The van der Waals surface area contributed by atoms with Gasteiger partial charge in [0.25, 0.3) is 0 Å². The first-order valence-electron chi connectivity index (χ1n) is 11.0. The number of aliphatic hydroxyl groups excluding tert-OH is 2. The fraction of sp³-hybridized carbons (Fsp3) is 0.583. The van der Waals surface area contributed by atoms with Gasteiger partial charge in [-0.1, -0.05) is 56.2 Å². The van der Waals surface area contributed by atoms with Crippen molar-refractivity contribution < 1.29 is 29.3 Å². The summed E-state index contributed by atoms with van der Waals surface area (Å²) in [7, 11) is 0. The minimum atomic E-state index is -1.17. The Morgan fingerprint density at radius 2 is 1.57 bits per heavy atom. The summed E-state index contributed by atoms with van der Waals surface area (Å²) in [6, 6.07) is 0. The van der Waals surface area contributed by atoms with Crippen molar-refractivity contribution in [3.63, 3.8) is 0 Å². The molecule has 0 aromatic heterocycles. The lowest BCUT2D eigenvalue weighted by Crippen LogP contribution is -2.16. The number of ether oxygens (including phenoxy) is 2. The molecule has 0 saturated carbocycles. The van der Waals surface area contributed by atoms with Gasteiger partial charge in [0.2, 0.25) is 0 Å². The van der Waals surface area contributed by atoms with E-state index >= 15 is 0 Å². The van der Waals surface area contributed by atoms with Gasteiger partial charge >= 0.3 is 11.9 Å². The Balaban J connectivity index is 2.02. The van der Waals surface area contributed by atoms with Crippen molar-refractivity contribution in [3.8, 4) is 0 Å². The van der Waals surface area contributed by atoms with Gasteiger partial charge in [-0.2, -0.15) is 0 Å². The van der Waals surface area contributed by atoms with Gasteiger partial charge < -0.3 is 19.7 Å². The number of esters is 2. The molecule has 0 saturated heterocycles. The van der Waals surface area contributed by atoms with Crippen LogP contribution < -0.4 is 0 Å². The van der Waals surface area contributed by atoms with E-state index in [0.29, 0.717) is 6.42 Å². The monoisotopic (exact) mass is 420 g/mol. The van der Waals surface area contributed by atoms with Crippen molar-refractivity contribution in [1.29, 1.82) is 0 Å². The molecule has 2 N–H and O–H groups in total. The van der Waals surface area contributed by atoms with Crippen LogP contribution in [0.1, 0.15) is 71.1 Å². The molecule has 1 atom stereocenters. The quantitative estimate of drug-likeness (QED) is 0.160. The fourth-order valence-corrected chi connectivity index (χ4v) is 2.89. The summed E-state index contributed by atoms with van der Waals surface area (Å²) in [6.45, 7) is 1.81. The van der Waals surface area contributed by atoms with Gasteiger partial charge in [0.1, 0.15) is 0 Å². The Morgan fingerprint density at radius 3 is 2.13 bits per heavy atom. The zero-order chi connectivity index (χ0) is 22.0. The second-order valence-electron chi connectivity index (χ2n) is 7.20. The lowest BCUT2D eigenvalue weighted by Gasteiger charge is -2.04. The summed E-state index contributed by atoms with van der Waals surface area (Å²) in [5.74, 6) is -2.43. The van der Waals surface area contributed by atoms with E-state index in [1.807, 2.05) is 0 Å². The molecule has 1 rings (SSSR count). The first-order chi connectivity index (χ1) is 14.6. The van der Waals surface area contributed by atoms with E-state index in [1.54, 1.807) is 0 Å². The highest BCUT2D eigenvalue weighted by Gasteiger charge is 2.39. The molecule has 0 aromatic rings. The highest BCUT2D eigenvalue weighted by molar-refractivity contribution is 6.16. The molecule has 168 valence electrons. The van der Waals surface area contributed by atoms with Gasteiger partial charge in [-0.05, 0) is 51.4 Å². The van der Waals surface area contributed by atoms with Crippen molar-refractivity contribution in [2.24, 2.45) is 0 Å². The summed E-state index contributed by atoms with van der Waals surface area (Å²) in [4.78, 5) is 23.4. The standard InChI is InChI=1S/C24H36O6/c1-2-3-4-5-6-7-8-9-10-11-12-13-14-15-16-17-18-29-23(27)21-22(26)20(19-25)30-24(21)28/h6-7,9-10,12-13,20,25-26H,2-5,8,11,14-19H2,1H3/b7-6-,10-9-,13-12-/t20-/m1/s1. The van der Waals surface area contributed by atoms with Gasteiger partial charge in [-0.25, -0.2) is 9.59 Å². The smallest absolute Gasteiger partial charge is 0.350 e. The molecular formula is C24H36O6. The van der Waals surface area contributed by atoms with Crippen LogP contribution in [-0.2, 0) is 19.1 Å². The maximum absolute atomic E-state index is 11.8. The highest BCUT2D eigenvalue weighted by atomic mass is 16.6. The third-order valence-electron chi connectivity index (χ3n) is 4.65. The number of rotatable bonds is 16. The van der Waals surface area contributed by atoms with Crippen LogP contribution in [0.25, 0.3) is 0 Å². The molecule has 1 heterocycles. The number of carbonyl (C=O) groups excluding carboxylic acids is 2. The van der Waals surface area contributed by atoms with Crippen LogP contribution in [0.2, 0.25) is 0 Å². The van der Waals surface area contributed by atoms with Gasteiger partial charge in [-0.15, -0.1) is 0 Å². The Bertz CT molecular complexity index is 630. The summed E-state index contributed by atoms with van der Waals surface area (Å²) in [6.07, 6.45) is 22.5. The molecule has 6 nitrogen and oxygen atoms in total. The average Bonchev–Trinajstić information content (AvgIpc) is 3.03. The van der Waals surface area contributed by atoms with Crippen LogP contribution in [0.5, 0.6) is 0 Å². The van der Waals surface area contributed by atoms with Gasteiger partial charge in [0.15, 0.2) is 17.4 Å². The maximum Gasteiger partial charge on any atom is 0.350 e. The predicted molar refractivity (Wildman–Crippen MR) is 117 cm³/mol. The summed E-state index contributed by atoms with van der Waals surface area (Å²) in [5.41, 5.74) is -0.517. The molecule has 0 bridgehead atoms. The van der Waals surface area contributed by atoms with Crippen molar-refractivity contribution in [3.05, 3.63) is 47.8 Å².